The van der Waals surface area contributed by atoms with Crippen LogP contribution in [0, 0.1) is 17.7 Å². The molecule has 190 valence electrons. The topological polar surface area (TPSA) is 62.5 Å². The zero-order valence-electron chi connectivity index (χ0n) is 21.1. The summed E-state index contributed by atoms with van der Waals surface area (Å²) in [6.07, 6.45) is 5.59. The van der Waals surface area contributed by atoms with Gasteiger partial charge in [-0.2, -0.15) is 0 Å². The third-order valence-electron chi connectivity index (χ3n) is 8.00. The minimum absolute atomic E-state index is 0.0380. The van der Waals surface area contributed by atoms with Crippen molar-refractivity contribution in [2.24, 2.45) is 11.8 Å². The Labute approximate surface area is 211 Å². The molecule has 6 heteroatoms. The van der Waals surface area contributed by atoms with E-state index >= 15 is 0 Å². The predicted molar refractivity (Wildman–Crippen MR) is 138 cm³/mol. The molecular formula is C30H35FN2O3. The summed E-state index contributed by atoms with van der Waals surface area (Å²) in [5.41, 5.74) is 3.92. The van der Waals surface area contributed by atoms with E-state index in [-0.39, 0.29) is 23.7 Å². The van der Waals surface area contributed by atoms with E-state index in [0.717, 1.165) is 53.5 Å². The number of amides is 1. The lowest BCUT2D eigenvalue weighted by Gasteiger charge is -2.37. The Balaban J connectivity index is 1.47. The molecule has 1 heterocycles. The molecule has 0 aliphatic heterocycles. The minimum atomic E-state index is -0.871. The molecule has 5 rings (SSSR count). The number of carbonyl (C=O) groups is 2. The molecule has 3 aromatic rings. The van der Waals surface area contributed by atoms with Gasteiger partial charge in [-0.05, 0) is 80.2 Å². The zero-order chi connectivity index (χ0) is 25.4. The standard InChI is InChI=1S/C30H35FN2O3/c1-3-26(30(35)36)33-27-13-11-22(31)16-24(27)25-17-23(12-14-28(25)33)32(18-21-9-10-21)29(34)19(2)15-20-7-5-4-6-8-20/h4-8,11,13,16,19,21,23,26H,3,9-10,12,14-15,17-18H2,1-2H3,(H,35,36)/t19-,23-,26?/m0/s1. The first-order valence-corrected chi connectivity index (χ1v) is 13.3. The second-order valence-electron chi connectivity index (χ2n) is 10.6. The van der Waals surface area contributed by atoms with Gasteiger partial charge in [-0.3, -0.25) is 4.79 Å². The Morgan fingerprint density at radius 2 is 1.89 bits per heavy atom. The van der Waals surface area contributed by atoms with Crippen LogP contribution in [0.4, 0.5) is 4.39 Å². The van der Waals surface area contributed by atoms with Crippen molar-refractivity contribution in [2.45, 2.75) is 70.9 Å². The summed E-state index contributed by atoms with van der Waals surface area (Å²) in [5.74, 6) is -0.567. The van der Waals surface area contributed by atoms with Gasteiger partial charge in [-0.15, -0.1) is 0 Å². The van der Waals surface area contributed by atoms with Gasteiger partial charge in [0.15, 0.2) is 0 Å². The molecule has 3 atom stereocenters. The van der Waals surface area contributed by atoms with Gasteiger partial charge in [0.1, 0.15) is 11.9 Å². The van der Waals surface area contributed by atoms with E-state index < -0.39 is 12.0 Å². The summed E-state index contributed by atoms with van der Waals surface area (Å²) in [7, 11) is 0. The Hall–Kier alpha value is -3.15. The van der Waals surface area contributed by atoms with Crippen molar-refractivity contribution in [3.05, 3.63) is 71.2 Å². The quantitative estimate of drug-likeness (QED) is 0.413. The fraction of sp³-hybridized carbons (Fsp3) is 0.467. The molecule has 2 aliphatic carbocycles. The molecule has 1 amide bonds. The van der Waals surface area contributed by atoms with Crippen LogP contribution in [0.2, 0.25) is 0 Å². The number of carboxylic acid groups (broad SMARTS) is 1. The molecule has 0 bridgehead atoms. The van der Waals surface area contributed by atoms with E-state index in [1.54, 1.807) is 6.07 Å². The summed E-state index contributed by atoms with van der Waals surface area (Å²) >= 11 is 0. The summed E-state index contributed by atoms with van der Waals surface area (Å²) in [6.45, 7) is 4.66. The zero-order valence-corrected chi connectivity index (χ0v) is 21.1. The second-order valence-corrected chi connectivity index (χ2v) is 10.6. The number of hydrogen-bond donors (Lipinski definition) is 1. The van der Waals surface area contributed by atoms with Crippen LogP contribution in [0.15, 0.2) is 48.5 Å². The highest BCUT2D eigenvalue weighted by molar-refractivity contribution is 5.88. The number of halogens is 1. The number of rotatable bonds is 9. The molecule has 1 N–H and O–H groups in total. The largest absolute Gasteiger partial charge is 0.480 e. The number of aromatic nitrogens is 1. The molecular weight excluding hydrogens is 455 g/mol. The van der Waals surface area contributed by atoms with E-state index in [4.69, 9.17) is 0 Å². The molecule has 36 heavy (non-hydrogen) atoms. The highest BCUT2D eigenvalue weighted by Gasteiger charge is 2.37. The van der Waals surface area contributed by atoms with Crippen LogP contribution in [0.25, 0.3) is 10.9 Å². The lowest BCUT2D eigenvalue weighted by molar-refractivity contribution is -0.141. The predicted octanol–water partition coefficient (Wildman–Crippen LogP) is 5.79. The molecule has 1 saturated carbocycles. The monoisotopic (exact) mass is 490 g/mol. The van der Waals surface area contributed by atoms with E-state index in [0.29, 0.717) is 31.6 Å². The first kappa shape index (κ1) is 24.5. The Morgan fingerprint density at radius 1 is 1.14 bits per heavy atom. The smallest absolute Gasteiger partial charge is 0.326 e. The van der Waals surface area contributed by atoms with Crippen LogP contribution < -0.4 is 0 Å². The fourth-order valence-electron chi connectivity index (χ4n) is 5.97. The van der Waals surface area contributed by atoms with Gasteiger partial charge in [-0.1, -0.05) is 44.2 Å². The molecule has 0 radical (unpaired) electrons. The maximum atomic E-state index is 14.3. The van der Waals surface area contributed by atoms with Crippen LogP contribution in [0.1, 0.15) is 62.4 Å². The SMILES string of the molecule is CCC(C(=O)O)n1c2c(c3cc(F)ccc31)C[C@@H](N(CC1CC1)C(=O)[C@@H](C)Cc1ccccc1)CC2. The third kappa shape index (κ3) is 4.78. The lowest BCUT2D eigenvalue weighted by Crippen LogP contribution is -2.47. The number of fused-ring (bicyclic) bond motifs is 3. The third-order valence-corrected chi connectivity index (χ3v) is 8.00. The minimum Gasteiger partial charge on any atom is -0.480 e. The van der Waals surface area contributed by atoms with Gasteiger partial charge in [0.25, 0.3) is 0 Å². The number of nitrogens with zero attached hydrogens (tertiary/aromatic N) is 2. The molecule has 1 aromatic heterocycles. The van der Waals surface area contributed by atoms with Gasteiger partial charge in [-0.25, -0.2) is 9.18 Å². The van der Waals surface area contributed by atoms with Gasteiger partial charge in [0, 0.05) is 35.1 Å². The van der Waals surface area contributed by atoms with Crippen LogP contribution in [0.3, 0.4) is 0 Å². The molecule has 0 spiro atoms. The molecule has 1 unspecified atom stereocenters. The van der Waals surface area contributed by atoms with Gasteiger partial charge in [0.2, 0.25) is 5.91 Å². The Kier molecular flexibility index (Phi) is 6.87. The Morgan fingerprint density at radius 3 is 2.56 bits per heavy atom. The summed E-state index contributed by atoms with van der Waals surface area (Å²) in [4.78, 5) is 28.0. The summed E-state index contributed by atoms with van der Waals surface area (Å²) in [6, 6.07) is 14.1. The fourth-order valence-corrected chi connectivity index (χ4v) is 5.97. The lowest BCUT2D eigenvalue weighted by atomic mass is 9.88. The summed E-state index contributed by atoms with van der Waals surface area (Å²) < 4.78 is 16.3. The van der Waals surface area contributed by atoms with Gasteiger partial charge in [0.05, 0.1) is 0 Å². The van der Waals surface area contributed by atoms with E-state index in [1.807, 2.05) is 36.6 Å². The molecule has 1 fully saturated rings. The van der Waals surface area contributed by atoms with E-state index in [9.17, 15) is 19.1 Å². The van der Waals surface area contributed by atoms with Crippen molar-refractivity contribution in [2.75, 3.05) is 6.54 Å². The van der Waals surface area contributed by atoms with E-state index in [1.165, 1.54) is 12.1 Å². The van der Waals surface area contributed by atoms with Crippen LogP contribution >= 0.6 is 0 Å². The van der Waals surface area contributed by atoms with Crippen molar-refractivity contribution in [3.63, 3.8) is 0 Å². The normalized spacial score (nSPS) is 19.0. The van der Waals surface area contributed by atoms with Crippen molar-refractivity contribution < 1.29 is 19.1 Å². The highest BCUT2D eigenvalue weighted by Crippen LogP contribution is 2.39. The first-order valence-electron chi connectivity index (χ1n) is 13.3. The van der Waals surface area contributed by atoms with Crippen molar-refractivity contribution >= 4 is 22.8 Å². The average molecular weight is 491 g/mol. The average Bonchev–Trinajstić information content (AvgIpc) is 3.65. The van der Waals surface area contributed by atoms with Crippen molar-refractivity contribution in [3.8, 4) is 0 Å². The molecule has 0 saturated heterocycles. The highest BCUT2D eigenvalue weighted by atomic mass is 19.1. The number of carboxylic acids is 1. The maximum absolute atomic E-state index is 14.3. The Bertz CT molecular complexity index is 1260. The number of hydrogen-bond acceptors (Lipinski definition) is 2. The second kappa shape index (κ2) is 10.1. The van der Waals surface area contributed by atoms with Crippen LogP contribution in [0.5, 0.6) is 0 Å². The van der Waals surface area contributed by atoms with Crippen molar-refractivity contribution in [1.82, 2.24) is 9.47 Å². The summed E-state index contributed by atoms with van der Waals surface area (Å²) in [5, 5.41) is 10.7. The molecule has 2 aliphatic rings. The van der Waals surface area contributed by atoms with Gasteiger partial charge >= 0.3 is 5.97 Å². The van der Waals surface area contributed by atoms with Crippen LogP contribution in [-0.4, -0.2) is 39.0 Å². The van der Waals surface area contributed by atoms with Crippen molar-refractivity contribution in [1.29, 1.82) is 0 Å². The van der Waals surface area contributed by atoms with Gasteiger partial charge < -0.3 is 14.6 Å². The number of aliphatic carboxylic acids is 1. The van der Waals surface area contributed by atoms with E-state index in [2.05, 4.69) is 17.0 Å². The van der Waals surface area contributed by atoms with Crippen LogP contribution in [-0.2, 0) is 28.9 Å². The molecule has 5 nitrogen and oxygen atoms in total. The first-order chi connectivity index (χ1) is 17.4. The number of carbonyl (C=O) groups excluding carboxylic acids is 1. The maximum Gasteiger partial charge on any atom is 0.326 e. The molecule has 2 aromatic carbocycles. The number of benzene rings is 2.